The highest BCUT2D eigenvalue weighted by Gasteiger charge is 2.54. The number of furan rings is 1. The lowest BCUT2D eigenvalue weighted by atomic mass is 9.81. The minimum absolute atomic E-state index is 0.305. The molecule has 0 radical (unpaired) electrons. The van der Waals surface area contributed by atoms with Crippen LogP contribution in [0.25, 0.3) is 11.0 Å². The van der Waals surface area contributed by atoms with Gasteiger partial charge in [-0.05, 0) is 30.9 Å². The Hall–Kier alpha value is -1.81. The van der Waals surface area contributed by atoms with E-state index >= 15 is 0 Å². The molecule has 1 aromatic carbocycles. The van der Waals surface area contributed by atoms with Gasteiger partial charge in [0.2, 0.25) is 0 Å². The first-order valence-electron chi connectivity index (χ1n) is 7.61. The van der Waals surface area contributed by atoms with E-state index < -0.39 is 11.4 Å². The van der Waals surface area contributed by atoms with Gasteiger partial charge in [-0.1, -0.05) is 24.6 Å². The maximum absolute atomic E-state index is 11.7. The summed E-state index contributed by atoms with van der Waals surface area (Å²) >= 11 is 0. The summed E-state index contributed by atoms with van der Waals surface area (Å²) in [5.41, 5.74) is 0.395. The lowest BCUT2D eigenvalue weighted by Crippen LogP contribution is -2.35. The third-order valence-electron chi connectivity index (χ3n) is 5.22. The third-order valence-corrected chi connectivity index (χ3v) is 5.22. The Morgan fingerprint density at radius 3 is 3.05 bits per heavy atom. The van der Waals surface area contributed by atoms with E-state index in [2.05, 4.69) is 11.0 Å². The van der Waals surface area contributed by atoms with Crippen molar-refractivity contribution in [3.63, 3.8) is 0 Å². The first kappa shape index (κ1) is 12.9. The van der Waals surface area contributed by atoms with E-state index in [0.29, 0.717) is 19.0 Å². The molecule has 1 aliphatic carbocycles. The van der Waals surface area contributed by atoms with Crippen molar-refractivity contribution < 1.29 is 14.3 Å². The van der Waals surface area contributed by atoms with Gasteiger partial charge >= 0.3 is 5.97 Å². The number of hydrogen-bond acceptors (Lipinski definition) is 3. The van der Waals surface area contributed by atoms with Crippen molar-refractivity contribution in [1.82, 2.24) is 4.90 Å². The van der Waals surface area contributed by atoms with E-state index in [1.54, 1.807) is 0 Å². The molecule has 0 spiro atoms. The molecule has 110 valence electrons. The summed E-state index contributed by atoms with van der Waals surface area (Å²) < 4.78 is 5.86. The molecule has 0 amide bonds. The maximum Gasteiger partial charge on any atom is 0.311 e. The summed E-state index contributed by atoms with van der Waals surface area (Å²) in [5.74, 6) is 0.619. The van der Waals surface area contributed by atoms with Crippen LogP contribution in [0.15, 0.2) is 34.7 Å². The van der Waals surface area contributed by atoms with Crippen molar-refractivity contribution >= 4 is 16.9 Å². The fourth-order valence-electron chi connectivity index (χ4n) is 4.20. The van der Waals surface area contributed by atoms with Crippen LogP contribution in [0.2, 0.25) is 0 Å². The Kier molecular flexibility index (Phi) is 2.82. The molecule has 2 heterocycles. The van der Waals surface area contributed by atoms with Gasteiger partial charge in [0.1, 0.15) is 11.3 Å². The normalized spacial score (nSPS) is 29.0. The number of benzene rings is 1. The summed E-state index contributed by atoms with van der Waals surface area (Å²) in [6, 6.07) is 10.0. The van der Waals surface area contributed by atoms with E-state index in [0.717, 1.165) is 42.5 Å². The molecule has 0 unspecified atom stereocenters. The summed E-state index contributed by atoms with van der Waals surface area (Å²) in [5, 5.41) is 10.7. The number of carboxylic acid groups (broad SMARTS) is 1. The van der Waals surface area contributed by atoms with Crippen molar-refractivity contribution in [3.8, 4) is 0 Å². The molecular weight excluding hydrogens is 266 g/mol. The van der Waals surface area contributed by atoms with Crippen molar-refractivity contribution in [2.24, 2.45) is 11.3 Å². The average Bonchev–Trinajstić information content (AvgIpc) is 3.09. The number of hydrogen-bond donors (Lipinski definition) is 1. The van der Waals surface area contributed by atoms with Gasteiger partial charge < -0.3 is 9.52 Å². The molecule has 4 rings (SSSR count). The van der Waals surface area contributed by atoms with Crippen LogP contribution >= 0.6 is 0 Å². The van der Waals surface area contributed by atoms with Gasteiger partial charge in [0.05, 0.1) is 12.0 Å². The van der Waals surface area contributed by atoms with Gasteiger partial charge in [-0.3, -0.25) is 9.69 Å². The van der Waals surface area contributed by atoms with Crippen LogP contribution in [0, 0.1) is 11.3 Å². The lowest BCUT2D eigenvalue weighted by molar-refractivity contribution is -0.149. The van der Waals surface area contributed by atoms with Crippen molar-refractivity contribution in [3.05, 3.63) is 36.1 Å². The first-order chi connectivity index (χ1) is 10.2. The zero-order valence-corrected chi connectivity index (χ0v) is 11.9. The van der Waals surface area contributed by atoms with Crippen LogP contribution in [0.3, 0.4) is 0 Å². The van der Waals surface area contributed by atoms with Crippen molar-refractivity contribution in [2.75, 3.05) is 13.1 Å². The number of nitrogens with zero attached hydrogens (tertiary/aromatic N) is 1. The largest absolute Gasteiger partial charge is 0.481 e. The second-order valence-corrected chi connectivity index (χ2v) is 6.47. The van der Waals surface area contributed by atoms with E-state index in [4.69, 9.17) is 4.42 Å². The molecule has 2 aliphatic rings. The molecule has 0 bridgehead atoms. The smallest absolute Gasteiger partial charge is 0.311 e. The van der Waals surface area contributed by atoms with Crippen LogP contribution in [0.5, 0.6) is 0 Å². The standard InChI is InChI=1S/C17H19NO3/c19-16(20)17-7-3-5-13(17)9-18(11-17)10-14-8-12-4-1-2-6-15(12)21-14/h1-2,4,6,8,13H,3,5,7,9-11H2,(H,19,20)/t13-,17-/m0/s1. The minimum Gasteiger partial charge on any atom is -0.481 e. The SMILES string of the molecule is O=C(O)[C@]12CCC[C@H]1CN(Cc1cc3ccccc3o1)C2. The Labute approximate surface area is 123 Å². The van der Waals surface area contributed by atoms with Gasteiger partial charge in [-0.25, -0.2) is 0 Å². The molecule has 2 aromatic rings. The van der Waals surface area contributed by atoms with Crippen molar-refractivity contribution in [1.29, 1.82) is 0 Å². The number of fused-ring (bicyclic) bond motifs is 2. The highest BCUT2D eigenvalue weighted by molar-refractivity contribution is 5.78. The molecule has 1 saturated carbocycles. The number of rotatable bonds is 3. The zero-order valence-electron chi connectivity index (χ0n) is 11.9. The molecule has 1 aromatic heterocycles. The highest BCUT2D eigenvalue weighted by Crippen LogP contribution is 2.49. The fraction of sp³-hybridized carbons (Fsp3) is 0.471. The molecule has 21 heavy (non-hydrogen) atoms. The molecule has 1 N–H and O–H groups in total. The summed E-state index contributed by atoms with van der Waals surface area (Å²) in [7, 11) is 0. The third kappa shape index (κ3) is 1.97. The fourth-order valence-corrected chi connectivity index (χ4v) is 4.20. The average molecular weight is 285 g/mol. The number of likely N-dealkylation sites (tertiary alicyclic amines) is 1. The number of para-hydroxylation sites is 1. The number of carboxylic acids is 1. The topological polar surface area (TPSA) is 53.7 Å². The second kappa shape index (κ2) is 4.60. The van der Waals surface area contributed by atoms with E-state index in [-0.39, 0.29) is 0 Å². The van der Waals surface area contributed by atoms with Crippen LogP contribution < -0.4 is 0 Å². The molecule has 2 atom stereocenters. The van der Waals surface area contributed by atoms with Gasteiger partial charge in [0.15, 0.2) is 0 Å². The molecule has 4 nitrogen and oxygen atoms in total. The van der Waals surface area contributed by atoms with Gasteiger partial charge in [-0.2, -0.15) is 0 Å². The molecule has 4 heteroatoms. The van der Waals surface area contributed by atoms with Crippen LogP contribution in [0.4, 0.5) is 0 Å². The van der Waals surface area contributed by atoms with E-state index in [1.807, 2.05) is 24.3 Å². The van der Waals surface area contributed by atoms with E-state index in [9.17, 15) is 9.90 Å². The summed E-state index contributed by atoms with van der Waals surface area (Å²) in [6.07, 6.45) is 2.92. The van der Waals surface area contributed by atoms with Gasteiger partial charge in [0.25, 0.3) is 0 Å². The second-order valence-electron chi connectivity index (χ2n) is 6.47. The number of aliphatic carboxylic acids is 1. The van der Waals surface area contributed by atoms with Gasteiger partial charge in [-0.15, -0.1) is 0 Å². The Morgan fingerprint density at radius 1 is 1.43 bits per heavy atom. The highest BCUT2D eigenvalue weighted by atomic mass is 16.4. The quantitative estimate of drug-likeness (QED) is 0.941. The van der Waals surface area contributed by atoms with Crippen molar-refractivity contribution in [2.45, 2.75) is 25.8 Å². The molecule has 1 saturated heterocycles. The molecule has 2 fully saturated rings. The van der Waals surface area contributed by atoms with Crippen LogP contribution in [0.1, 0.15) is 25.0 Å². The zero-order chi connectivity index (χ0) is 14.4. The minimum atomic E-state index is -0.614. The van der Waals surface area contributed by atoms with Crippen LogP contribution in [-0.4, -0.2) is 29.1 Å². The Morgan fingerprint density at radius 2 is 2.29 bits per heavy atom. The summed E-state index contributed by atoms with van der Waals surface area (Å²) in [4.78, 5) is 13.9. The Bertz CT molecular complexity index is 659. The maximum atomic E-state index is 11.7. The number of carbonyl (C=O) groups is 1. The molecular formula is C17H19NO3. The predicted molar refractivity (Wildman–Crippen MR) is 78.9 cm³/mol. The Balaban J connectivity index is 1.55. The molecule has 1 aliphatic heterocycles. The van der Waals surface area contributed by atoms with Gasteiger partial charge in [0, 0.05) is 18.5 Å². The lowest BCUT2D eigenvalue weighted by Gasteiger charge is -2.23. The van der Waals surface area contributed by atoms with E-state index in [1.165, 1.54) is 0 Å². The predicted octanol–water partition coefficient (Wildman–Crippen LogP) is 3.12. The first-order valence-corrected chi connectivity index (χ1v) is 7.61. The summed E-state index contributed by atoms with van der Waals surface area (Å²) in [6.45, 7) is 2.24. The monoisotopic (exact) mass is 285 g/mol. The van der Waals surface area contributed by atoms with Crippen LogP contribution in [-0.2, 0) is 11.3 Å².